The number of rotatable bonds is 6. The molecule has 2 atom stereocenters. The average Bonchev–Trinajstić information content (AvgIpc) is 3.67. The predicted octanol–water partition coefficient (Wildman–Crippen LogP) is 5.19. The lowest BCUT2D eigenvalue weighted by molar-refractivity contribution is 0.220. The fourth-order valence-corrected chi connectivity index (χ4v) is 5.74. The highest BCUT2D eigenvalue weighted by Gasteiger charge is 2.27. The van der Waals surface area contributed by atoms with Gasteiger partial charge in [0.15, 0.2) is 5.82 Å². The van der Waals surface area contributed by atoms with Crippen LogP contribution in [0.25, 0.3) is 28.3 Å². The minimum atomic E-state index is 0.629. The zero-order valence-corrected chi connectivity index (χ0v) is 21.8. The summed E-state index contributed by atoms with van der Waals surface area (Å²) in [6.07, 6.45) is 6.43. The van der Waals surface area contributed by atoms with Gasteiger partial charge in [-0.05, 0) is 80.3 Å². The smallest absolute Gasteiger partial charge is 0.185 e. The molecular formula is C30H33N7. The van der Waals surface area contributed by atoms with Crippen LogP contribution in [0.3, 0.4) is 0 Å². The van der Waals surface area contributed by atoms with Crippen molar-refractivity contribution in [3.05, 3.63) is 72.2 Å². The van der Waals surface area contributed by atoms with Gasteiger partial charge in [0.25, 0.3) is 0 Å². The summed E-state index contributed by atoms with van der Waals surface area (Å²) < 4.78 is 4.38. The molecule has 7 heteroatoms. The molecule has 188 valence electrons. The second-order valence-electron chi connectivity index (χ2n) is 10.6. The van der Waals surface area contributed by atoms with Gasteiger partial charge in [-0.2, -0.15) is 5.26 Å². The molecule has 0 spiro atoms. The maximum atomic E-state index is 9.15. The Morgan fingerprint density at radius 1 is 1.14 bits per heavy atom. The highest BCUT2D eigenvalue weighted by atomic mass is 15.3. The van der Waals surface area contributed by atoms with Crippen LogP contribution in [0.2, 0.25) is 0 Å². The van der Waals surface area contributed by atoms with Gasteiger partial charge in [0, 0.05) is 49.7 Å². The van der Waals surface area contributed by atoms with E-state index in [1.807, 2.05) is 30.6 Å². The number of nitrogens with zero attached hydrogens (tertiary/aromatic N) is 7. The molecule has 0 amide bonds. The molecule has 0 aliphatic carbocycles. The van der Waals surface area contributed by atoms with Crippen LogP contribution in [0, 0.1) is 17.2 Å². The van der Waals surface area contributed by atoms with Crippen molar-refractivity contribution in [1.82, 2.24) is 24.2 Å². The van der Waals surface area contributed by atoms with Gasteiger partial charge >= 0.3 is 0 Å². The molecule has 6 rings (SSSR count). The lowest BCUT2D eigenvalue weighted by atomic mass is 10.1. The lowest BCUT2D eigenvalue weighted by Crippen LogP contribution is -2.34. The lowest BCUT2D eigenvalue weighted by Gasteiger charge is -2.27. The van der Waals surface area contributed by atoms with Crippen molar-refractivity contribution < 1.29 is 0 Å². The first-order valence-electron chi connectivity index (χ1n) is 13.2. The Morgan fingerprint density at radius 3 is 2.76 bits per heavy atom. The monoisotopic (exact) mass is 491 g/mol. The first kappa shape index (κ1) is 23.5. The number of anilines is 1. The zero-order valence-electron chi connectivity index (χ0n) is 21.8. The Bertz CT molecular complexity index is 1460. The fraction of sp³-hybridized carbons (Fsp3) is 0.367. The van der Waals surface area contributed by atoms with Gasteiger partial charge in [0.2, 0.25) is 0 Å². The minimum absolute atomic E-state index is 0.629. The van der Waals surface area contributed by atoms with Gasteiger partial charge < -0.3 is 14.4 Å². The van der Waals surface area contributed by atoms with Crippen LogP contribution < -0.4 is 4.90 Å². The van der Waals surface area contributed by atoms with Crippen LogP contribution in [0.1, 0.15) is 37.8 Å². The summed E-state index contributed by atoms with van der Waals surface area (Å²) in [6, 6.07) is 19.6. The Balaban J connectivity index is 1.29. The zero-order chi connectivity index (χ0) is 25.5. The van der Waals surface area contributed by atoms with Crippen molar-refractivity contribution in [3.63, 3.8) is 0 Å². The van der Waals surface area contributed by atoms with Crippen LogP contribution in [0.5, 0.6) is 0 Å². The van der Waals surface area contributed by atoms with Crippen LogP contribution in [-0.2, 0) is 6.54 Å². The van der Waals surface area contributed by atoms with Crippen molar-refractivity contribution >= 4 is 5.69 Å². The molecule has 2 aliphatic heterocycles. The quantitative estimate of drug-likeness (QED) is 0.327. The molecule has 2 aromatic heterocycles. The van der Waals surface area contributed by atoms with Gasteiger partial charge in [0.05, 0.1) is 23.0 Å². The van der Waals surface area contributed by atoms with Gasteiger partial charge in [-0.1, -0.05) is 19.1 Å². The van der Waals surface area contributed by atoms with Crippen LogP contribution in [0.15, 0.2) is 61.1 Å². The summed E-state index contributed by atoms with van der Waals surface area (Å²) in [4.78, 5) is 5.06. The van der Waals surface area contributed by atoms with Crippen molar-refractivity contribution in [1.29, 1.82) is 5.26 Å². The topological polar surface area (TPSA) is 65.9 Å². The van der Waals surface area contributed by atoms with Gasteiger partial charge in [-0.3, -0.25) is 4.57 Å². The summed E-state index contributed by atoms with van der Waals surface area (Å²) in [5, 5.41) is 17.9. The van der Waals surface area contributed by atoms with E-state index in [9.17, 15) is 0 Å². The number of benzene rings is 2. The third-order valence-corrected chi connectivity index (χ3v) is 8.22. The second-order valence-corrected chi connectivity index (χ2v) is 10.6. The van der Waals surface area contributed by atoms with Crippen LogP contribution in [0.4, 0.5) is 5.69 Å². The third kappa shape index (κ3) is 4.32. The van der Waals surface area contributed by atoms with Gasteiger partial charge in [0.1, 0.15) is 6.33 Å². The first-order valence-corrected chi connectivity index (χ1v) is 13.2. The van der Waals surface area contributed by atoms with E-state index in [4.69, 9.17) is 5.26 Å². The van der Waals surface area contributed by atoms with E-state index in [0.29, 0.717) is 17.5 Å². The molecule has 7 nitrogen and oxygen atoms in total. The Hall–Kier alpha value is -3.89. The fourth-order valence-electron chi connectivity index (χ4n) is 5.74. The summed E-state index contributed by atoms with van der Waals surface area (Å²) in [7, 11) is 2.26. The Kier molecular flexibility index (Phi) is 6.05. The highest BCUT2D eigenvalue weighted by molar-refractivity contribution is 5.72. The molecule has 2 aromatic carbocycles. The maximum absolute atomic E-state index is 9.15. The number of nitriles is 1. The standard InChI is InChI=1S/C30H33N7/c1-4-21(2)34(3)16-23-11-12-35(17-23)27-9-10-28-26(13-27)19-36-18-25(24-7-5-22(15-31)6-8-24)14-29(36)30-33-32-20-37(28)30/h5-10,13-14,18,20-21,23H,4,11-12,16-17,19H2,1-3H3/t21-,23-/m1/s1. The normalized spacial score (nSPS) is 17.2. The average molecular weight is 492 g/mol. The number of hydrogen-bond donors (Lipinski definition) is 0. The molecular weight excluding hydrogens is 458 g/mol. The maximum Gasteiger partial charge on any atom is 0.185 e. The van der Waals surface area contributed by atoms with Crippen molar-refractivity contribution in [2.75, 3.05) is 31.6 Å². The largest absolute Gasteiger partial charge is 0.371 e. The van der Waals surface area contributed by atoms with Crippen LogP contribution >= 0.6 is 0 Å². The molecule has 0 N–H and O–H groups in total. The van der Waals surface area contributed by atoms with E-state index < -0.39 is 0 Å². The summed E-state index contributed by atoms with van der Waals surface area (Å²) in [5.41, 5.74) is 7.61. The molecule has 1 fully saturated rings. The minimum Gasteiger partial charge on any atom is -0.371 e. The summed E-state index contributed by atoms with van der Waals surface area (Å²) in [5.74, 6) is 1.55. The number of fused-ring (bicyclic) bond motifs is 5. The summed E-state index contributed by atoms with van der Waals surface area (Å²) >= 11 is 0. The van der Waals surface area contributed by atoms with E-state index >= 15 is 0 Å². The molecule has 4 aromatic rings. The number of aromatic nitrogens is 4. The first-order chi connectivity index (χ1) is 18.0. The molecule has 0 bridgehead atoms. The van der Waals surface area contributed by atoms with Gasteiger partial charge in [-0.25, -0.2) is 0 Å². The van der Waals surface area contributed by atoms with E-state index in [1.54, 1.807) is 0 Å². The molecule has 1 saturated heterocycles. The number of hydrogen-bond acceptors (Lipinski definition) is 5. The molecule has 4 heterocycles. The molecule has 37 heavy (non-hydrogen) atoms. The van der Waals surface area contributed by atoms with E-state index in [1.165, 1.54) is 24.1 Å². The predicted molar refractivity (Wildman–Crippen MR) is 147 cm³/mol. The van der Waals surface area contributed by atoms with E-state index in [-0.39, 0.29) is 0 Å². The van der Waals surface area contributed by atoms with E-state index in [0.717, 1.165) is 54.5 Å². The Labute approximate surface area is 218 Å². The third-order valence-electron chi connectivity index (χ3n) is 8.22. The second kappa shape index (κ2) is 9.53. The molecule has 0 saturated carbocycles. The van der Waals surface area contributed by atoms with Crippen molar-refractivity contribution in [3.8, 4) is 34.4 Å². The van der Waals surface area contributed by atoms with E-state index in [2.05, 4.69) is 86.6 Å². The summed E-state index contributed by atoms with van der Waals surface area (Å²) in [6.45, 7) is 8.73. The van der Waals surface area contributed by atoms with Gasteiger partial charge in [-0.15, -0.1) is 10.2 Å². The highest BCUT2D eigenvalue weighted by Crippen LogP contribution is 2.35. The Morgan fingerprint density at radius 2 is 1.97 bits per heavy atom. The molecule has 0 radical (unpaired) electrons. The van der Waals surface area contributed by atoms with Crippen molar-refractivity contribution in [2.45, 2.75) is 39.3 Å². The molecule has 2 aliphatic rings. The van der Waals surface area contributed by atoms with Crippen LogP contribution in [-0.4, -0.2) is 57.0 Å². The van der Waals surface area contributed by atoms with Crippen molar-refractivity contribution in [2.24, 2.45) is 5.92 Å². The SMILES string of the molecule is CC[C@@H](C)N(C)C[C@H]1CCN(c2ccc3c(c2)Cn2cc(-c4ccc(C#N)cc4)cc2-c2nncn2-3)C1. The molecule has 0 unspecified atom stereocenters.